The number of carbonyl (C=O) groups is 2. The summed E-state index contributed by atoms with van der Waals surface area (Å²) in [6.07, 6.45) is 2.32. The van der Waals surface area contributed by atoms with Crippen LogP contribution in [0.5, 0.6) is 0 Å². The molecule has 1 aromatic rings. The monoisotopic (exact) mass is 240 g/mol. The minimum Gasteiger partial charge on any atom is -0.478 e. The lowest BCUT2D eigenvalue weighted by Gasteiger charge is -2.02. The zero-order valence-corrected chi connectivity index (χ0v) is 9.19. The van der Waals surface area contributed by atoms with Gasteiger partial charge in [0.2, 0.25) is 0 Å². The van der Waals surface area contributed by atoms with Gasteiger partial charge in [0.1, 0.15) is 0 Å². The Kier molecular flexibility index (Phi) is 4.08. The van der Waals surface area contributed by atoms with Crippen LogP contribution < -0.4 is 0 Å². The minimum atomic E-state index is -1.06. The number of methoxy groups -OCH3 is 1. The molecule has 0 saturated heterocycles. The normalized spacial score (nSPS) is 10.4. The van der Waals surface area contributed by atoms with Gasteiger partial charge >= 0.3 is 11.9 Å². The molecule has 84 valence electrons. The van der Waals surface area contributed by atoms with E-state index in [4.69, 9.17) is 16.7 Å². The van der Waals surface area contributed by atoms with Gasteiger partial charge < -0.3 is 9.84 Å². The number of esters is 1. The second-order valence-electron chi connectivity index (χ2n) is 2.90. The molecule has 5 heteroatoms. The van der Waals surface area contributed by atoms with Crippen LogP contribution in [0.15, 0.2) is 24.3 Å². The van der Waals surface area contributed by atoms with Gasteiger partial charge in [-0.15, -0.1) is 0 Å². The average molecular weight is 241 g/mol. The molecule has 0 saturated carbocycles. The summed E-state index contributed by atoms with van der Waals surface area (Å²) in [6, 6.07) is 4.49. The van der Waals surface area contributed by atoms with E-state index in [2.05, 4.69) is 4.74 Å². The first-order valence-corrected chi connectivity index (χ1v) is 4.71. The predicted molar refractivity (Wildman–Crippen MR) is 59.5 cm³/mol. The summed E-state index contributed by atoms with van der Waals surface area (Å²) >= 11 is 5.86. The van der Waals surface area contributed by atoms with Crippen molar-refractivity contribution in [2.75, 3.05) is 7.11 Å². The molecule has 0 aliphatic carbocycles. The Hall–Kier alpha value is -1.81. The van der Waals surface area contributed by atoms with Crippen LogP contribution >= 0.6 is 11.6 Å². The summed E-state index contributed by atoms with van der Waals surface area (Å²) in [7, 11) is 1.27. The van der Waals surface area contributed by atoms with Crippen molar-refractivity contribution in [1.82, 2.24) is 0 Å². The Morgan fingerprint density at radius 2 is 2.12 bits per heavy atom. The van der Waals surface area contributed by atoms with Crippen molar-refractivity contribution < 1.29 is 19.4 Å². The first-order chi connectivity index (χ1) is 7.54. The fourth-order valence-electron chi connectivity index (χ4n) is 1.07. The van der Waals surface area contributed by atoms with Crippen molar-refractivity contribution >= 4 is 29.6 Å². The molecule has 0 aliphatic heterocycles. The Bertz CT molecular complexity index is 451. The second-order valence-corrected chi connectivity index (χ2v) is 3.31. The summed E-state index contributed by atoms with van der Waals surface area (Å²) in [5, 5.41) is 8.73. The van der Waals surface area contributed by atoms with Crippen LogP contribution in [0.1, 0.15) is 15.9 Å². The molecule has 0 unspecified atom stereocenters. The molecule has 0 radical (unpaired) electrons. The van der Waals surface area contributed by atoms with Gasteiger partial charge in [-0.1, -0.05) is 17.7 Å². The minimum absolute atomic E-state index is 0.292. The number of carboxylic acids is 1. The number of ether oxygens (including phenoxy) is 1. The zero-order valence-electron chi connectivity index (χ0n) is 8.44. The summed E-state index contributed by atoms with van der Waals surface area (Å²) in [5.41, 5.74) is 0.844. The number of halogens is 1. The number of carboxylic acid groups (broad SMARTS) is 1. The van der Waals surface area contributed by atoms with Crippen LogP contribution in [0.2, 0.25) is 5.02 Å². The Balaban J connectivity index is 3.00. The highest BCUT2D eigenvalue weighted by Crippen LogP contribution is 2.19. The lowest BCUT2D eigenvalue weighted by Crippen LogP contribution is -2.00. The number of benzene rings is 1. The molecule has 0 bridgehead atoms. The third-order valence-corrected chi connectivity index (χ3v) is 2.15. The Morgan fingerprint density at radius 3 is 2.62 bits per heavy atom. The molecule has 0 aromatic heterocycles. The van der Waals surface area contributed by atoms with Crippen LogP contribution in [0, 0.1) is 0 Å². The highest BCUT2D eigenvalue weighted by atomic mass is 35.5. The zero-order chi connectivity index (χ0) is 12.1. The van der Waals surface area contributed by atoms with Crippen LogP contribution in [-0.2, 0) is 9.53 Å². The van der Waals surface area contributed by atoms with E-state index in [1.165, 1.54) is 25.3 Å². The van der Waals surface area contributed by atoms with E-state index in [-0.39, 0.29) is 0 Å². The third kappa shape index (κ3) is 3.10. The predicted octanol–water partition coefficient (Wildman–Crippen LogP) is 2.22. The standard InChI is InChI=1S/C11H9ClO4/c1-16-11(15)8-3-2-7(9(12)6-8)4-5-10(13)14/h2-6H,1H3,(H,13,14)/b5-4+. The molecule has 1 N–H and O–H groups in total. The maximum absolute atomic E-state index is 11.2. The lowest BCUT2D eigenvalue weighted by molar-refractivity contribution is -0.131. The lowest BCUT2D eigenvalue weighted by atomic mass is 10.1. The van der Waals surface area contributed by atoms with Gasteiger partial charge in [-0.3, -0.25) is 0 Å². The largest absolute Gasteiger partial charge is 0.478 e. The fourth-order valence-corrected chi connectivity index (χ4v) is 1.31. The number of hydrogen-bond donors (Lipinski definition) is 1. The molecule has 16 heavy (non-hydrogen) atoms. The molecule has 0 spiro atoms. The molecular formula is C11H9ClO4. The van der Waals surface area contributed by atoms with Crippen molar-refractivity contribution in [2.24, 2.45) is 0 Å². The highest BCUT2D eigenvalue weighted by molar-refractivity contribution is 6.32. The number of carbonyl (C=O) groups excluding carboxylic acids is 1. The molecule has 1 aromatic carbocycles. The first kappa shape index (κ1) is 12.3. The van der Waals surface area contributed by atoms with Crippen molar-refractivity contribution in [3.05, 3.63) is 40.4 Å². The SMILES string of the molecule is COC(=O)c1ccc(/C=C/C(=O)O)c(Cl)c1. The van der Waals surface area contributed by atoms with Gasteiger partial charge in [-0.05, 0) is 23.8 Å². The van der Waals surface area contributed by atoms with Gasteiger partial charge in [0.25, 0.3) is 0 Å². The smallest absolute Gasteiger partial charge is 0.337 e. The summed E-state index contributed by atoms with van der Waals surface area (Å²) in [5.74, 6) is -1.55. The van der Waals surface area contributed by atoms with E-state index in [0.717, 1.165) is 6.08 Å². The van der Waals surface area contributed by atoms with Crippen molar-refractivity contribution in [3.63, 3.8) is 0 Å². The molecule has 0 aliphatic rings. The van der Waals surface area contributed by atoms with E-state index >= 15 is 0 Å². The number of hydrogen-bond acceptors (Lipinski definition) is 3. The van der Waals surface area contributed by atoms with E-state index in [9.17, 15) is 9.59 Å². The van der Waals surface area contributed by atoms with Crippen molar-refractivity contribution in [2.45, 2.75) is 0 Å². The first-order valence-electron chi connectivity index (χ1n) is 4.33. The van der Waals surface area contributed by atoms with Gasteiger partial charge in [-0.2, -0.15) is 0 Å². The maximum Gasteiger partial charge on any atom is 0.337 e. The van der Waals surface area contributed by atoms with Crippen LogP contribution in [0.3, 0.4) is 0 Å². The quantitative estimate of drug-likeness (QED) is 0.650. The summed E-state index contributed by atoms with van der Waals surface area (Å²) < 4.78 is 4.52. The summed E-state index contributed by atoms with van der Waals surface area (Å²) in [4.78, 5) is 21.5. The van der Waals surface area contributed by atoms with E-state index < -0.39 is 11.9 Å². The van der Waals surface area contributed by atoms with Gasteiger partial charge in [-0.25, -0.2) is 9.59 Å². The average Bonchev–Trinajstić information content (AvgIpc) is 2.26. The van der Waals surface area contributed by atoms with Gasteiger partial charge in [0.15, 0.2) is 0 Å². The molecule has 0 amide bonds. The molecular weight excluding hydrogens is 232 g/mol. The molecule has 1 rings (SSSR count). The van der Waals surface area contributed by atoms with E-state index in [1.54, 1.807) is 6.07 Å². The van der Waals surface area contributed by atoms with Crippen LogP contribution in [0.4, 0.5) is 0 Å². The fraction of sp³-hybridized carbons (Fsp3) is 0.0909. The third-order valence-electron chi connectivity index (χ3n) is 1.83. The topological polar surface area (TPSA) is 63.6 Å². The van der Waals surface area contributed by atoms with Gasteiger partial charge in [0, 0.05) is 11.1 Å². The van der Waals surface area contributed by atoms with Crippen molar-refractivity contribution in [1.29, 1.82) is 0 Å². The molecule has 0 fully saturated rings. The number of rotatable bonds is 3. The summed E-state index contributed by atoms with van der Waals surface area (Å²) in [6.45, 7) is 0. The number of aliphatic carboxylic acids is 1. The molecule has 4 nitrogen and oxygen atoms in total. The van der Waals surface area contributed by atoms with E-state index in [0.29, 0.717) is 16.1 Å². The maximum atomic E-state index is 11.2. The van der Waals surface area contributed by atoms with Crippen molar-refractivity contribution in [3.8, 4) is 0 Å². The van der Waals surface area contributed by atoms with E-state index in [1.807, 2.05) is 0 Å². The van der Waals surface area contributed by atoms with Crippen LogP contribution in [-0.4, -0.2) is 24.2 Å². The molecule has 0 heterocycles. The Labute approximate surface area is 97.1 Å². The van der Waals surface area contributed by atoms with Crippen LogP contribution in [0.25, 0.3) is 6.08 Å². The second kappa shape index (κ2) is 5.32. The molecule has 0 atom stereocenters. The highest BCUT2D eigenvalue weighted by Gasteiger charge is 2.07. The van der Waals surface area contributed by atoms with Gasteiger partial charge in [0.05, 0.1) is 12.7 Å². The Morgan fingerprint density at radius 1 is 1.44 bits per heavy atom.